The molecule has 2 nitrogen and oxygen atoms in total. The fraction of sp³-hybridized carbons (Fsp3) is 1.00. The Labute approximate surface area is 87.8 Å². The quantitative estimate of drug-likeness (QED) is 0.730. The minimum atomic E-state index is 0.668. The molecule has 14 heavy (non-hydrogen) atoms. The average molecular weight is 196 g/mol. The molecular formula is C12H24N2. The van der Waals surface area contributed by atoms with E-state index >= 15 is 0 Å². The Bertz CT molecular complexity index is 175. The number of hydrogen-bond donors (Lipinski definition) is 1. The summed E-state index contributed by atoms with van der Waals surface area (Å²) in [5.41, 5.74) is 5.77. The van der Waals surface area contributed by atoms with Crippen LogP contribution in [-0.2, 0) is 0 Å². The molecule has 0 spiro atoms. The Kier molecular flexibility index (Phi) is 3.45. The van der Waals surface area contributed by atoms with Crippen LogP contribution in [0.1, 0.15) is 38.5 Å². The summed E-state index contributed by atoms with van der Waals surface area (Å²) < 4.78 is 0. The van der Waals surface area contributed by atoms with E-state index in [-0.39, 0.29) is 0 Å². The van der Waals surface area contributed by atoms with Gasteiger partial charge in [-0.05, 0) is 25.3 Å². The first-order valence-corrected chi connectivity index (χ1v) is 6.21. The molecule has 1 saturated heterocycles. The van der Waals surface area contributed by atoms with Crippen LogP contribution in [-0.4, -0.2) is 31.1 Å². The fourth-order valence-electron chi connectivity index (χ4n) is 3.35. The molecular weight excluding hydrogens is 172 g/mol. The van der Waals surface area contributed by atoms with Gasteiger partial charge in [0.25, 0.3) is 0 Å². The summed E-state index contributed by atoms with van der Waals surface area (Å²) in [4.78, 5) is 2.47. The summed E-state index contributed by atoms with van der Waals surface area (Å²) >= 11 is 0. The second-order valence-corrected chi connectivity index (χ2v) is 5.22. The maximum atomic E-state index is 5.77. The van der Waals surface area contributed by atoms with Gasteiger partial charge < -0.3 is 10.6 Å². The van der Waals surface area contributed by atoms with E-state index in [1.807, 2.05) is 0 Å². The van der Waals surface area contributed by atoms with Crippen LogP contribution in [0.3, 0.4) is 0 Å². The lowest BCUT2D eigenvalue weighted by molar-refractivity contribution is 0.246. The van der Waals surface area contributed by atoms with Gasteiger partial charge in [-0.2, -0.15) is 0 Å². The lowest BCUT2D eigenvalue weighted by Gasteiger charge is -2.27. The second kappa shape index (κ2) is 4.63. The first-order chi connectivity index (χ1) is 6.81. The van der Waals surface area contributed by atoms with Crippen LogP contribution < -0.4 is 5.73 Å². The van der Waals surface area contributed by atoms with Gasteiger partial charge in [-0.3, -0.25) is 0 Å². The third kappa shape index (κ3) is 2.12. The van der Waals surface area contributed by atoms with E-state index in [4.69, 9.17) is 5.73 Å². The second-order valence-electron chi connectivity index (χ2n) is 5.22. The van der Waals surface area contributed by atoms with Gasteiger partial charge in [-0.15, -0.1) is 0 Å². The van der Waals surface area contributed by atoms with Crippen molar-refractivity contribution in [3.8, 4) is 0 Å². The van der Waals surface area contributed by atoms with Crippen LogP contribution in [0, 0.1) is 11.8 Å². The highest BCUT2D eigenvalue weighted by molar-refractivity contribution is 4.88. The Balaban J connectivity index is 1.86. The van der Waals surface area contributed by atoms with E-state index in [1.165, 1.54) is 45.1 Å². The van der Waals surface area contributed by atoms with E-state index in [0.29, 0.717) is 6.04 Å². The Morgan fingerprint density at radius 1 is 1.14 bits per heavy atom. The molecule has 2 unspecified atom stereocenters. The molecule has 1 aliphatic heterocycles. The molecule has 1 aliphatic carbocycles. The van der Waals surface area contributed by atoms with Crippen molar-refractivity contribution >= 4 is 0 Å². The largest absolute Gasteiger partial charge is 0.329 e. The normalized spacial score (nSPS) is 36.4. The maximum absolute atomic E-state index is 5.77. The highest BCUT2D eigenvalue weighted by Crippen LogP contribution is 2.36. The van der Waals surface area contributed by atoms with E-state index in [2.05, 4.69) is 11.9 Å². The summed E-state index contributed by atoms with van der Waals surface area (Å²) in [6.45, 7) is 2.15. The number of nitrogens with two attached hydrogens (primary N) is 1. The van der Waals surface area contributed by atoms with Crippen molar-refractivity contribution in [1.82, 2.24) is 4.90 Å². The van der Waals surface area contributed by atoms with Crippen molar-refractivity contribution < 1.29 is 0 Å². The topological polar surface area (TPSA) is 29.3 Å². The van der Waals surface area contributed by atoms with Crippen molar-refractivity contribution in [2.45, 2.75) is 44.6 Å². The molecule has 0 amide bonds. The van der Waals surface area contributed by atoms with Crippen LogP contribution in [0.25, 0.3) is 0 Å². The molecule has 0 bridgehead atoms. The van der Waals surface area contributed by atoms with Gasteiger partial charge in [0.2, 0.25) is 0 Å². The highest BCUT2D eigenvalue weighted by atomic mass is 15.2. The zero-order chi connectivity index (χ0) is 9.97. The molecule has 2 N–H and O–H groups in total. The summed E-state index contributed by atoms with van der Waals surface area (Å²) in [6.07, 6.45) is 8.74. The molecule has 0 aromatic carbocycles. The summed E-state index contributed by atoms with van der Waals surface area (Å²) in [7, 11) is 2.24. The van der Waals surface area contributed by atoms with Gasteiger partial charge in [0.1, 0.15) is 0 Å². The third-order valence-corrected chi connectivity index (χ3v) is 4.31. The van der Waals surface area contributed by atoms with Gasteiger partial charge in [-0.1, -0.05) is 32.1 Å². The van der Waals surface area contributed by atoms with Crippen molar-refractivity contribution in [1.29, 1.82) is 0 Å². The van der Waals surface area contributed by atoms with E-state index < -0.39 is 0 Å². The summed E-state index contributed by atoms with van der Waals surface area (Å²) in [5, 5.41) is 0. The molecule has 2 aliphatic rings. The molecule has 0 aromatic rings. The van der Waals surface area contributed by atoms with Crippen LogP contribution in [0.4, 0.5) is 0 Å². The first kappa shape index (κ1) is 10.4. The number of likely N-dealkylation sites (N-methyl/N-ethyl adjacent to an activating group) is 1. The van der Waals surface area contributed by atoms with Gasteiger partial charge in [-0.25, -0.2) is 0 Å². The molecule has 82 valence electrons. The molecule has 0 radical (unpaired) electrons. The lowest BCUT2D eigenvalue weighted by atomic mass is 9.79. The van der Waals surface area contributed by atoms with Crippen molar-refractivity contribution in [2.75, 3.05) is 20.1 Å². The summed E-state index contributed by atoms with van der Waals surface area (Å²) in [6, 6.07) is 0.668. The molecule has 2 heteroatoms. The molecule has 2 rings (SSSR count). The first-order valence-electron chi connectivity index (χ1n) is 6.21. The van der Waals surface area contributed by atoms with Crippen molar-refractivity contribution in [3.63, 3.8) is 0 Å². The number of nitrogens with zero attached hydrogens (tertiary/aromatic N) is 1. The Morgan fingerprint density at radius 3 is 2.43 bits per heavy atom. The van der Waals surface area contributed by atoms with E-state index in [0.717, 1.165) is 18.4 Å². The van der Waals surface area contributed by atoms with Crippen LogP contribution in [0.5, 0.6) is 0 Å². The van der Waals surface area contributed by atoms with Gasteiger partial charge in [0.15, 0.2) is 0 Å². The minimum Gasteiger partial charge on any atom is -0.329 e. The van der Waals surface area contributed by atoms with Crippen LogP contribution in [0.15, 0.2) is 0 Å². The molecule has 0 aromatic heterocycles. The SMILES string of the molecule is CN1CC(C2CCCCC2)CC1CN. The standard InChI is InChI=1S/C12H24N2/c1-14-9-11(7-12(14)8-13)10-5-3-2-4-6-10/h10-12H,2-9,13H2,1H3. The zero-order valence-electron chi connectivity index (χ0n) is 9.41. The monoisotopic (exact) mass is 196 g/mol. The molecule has 2 fully saturated rings. The summed E-state index contributed by atoms with van der Waals surface area (Å²) in [5.74, 6) is 1.97. The fourth-order valence-corrected chi connectivity index (χ4v) is 3.35. The van der Waals surface area contributed by atoms with Gasteiger partial charge >= 0.3 is 0 Å². The molecule has 1 heterocycles. The average Bonchev–Trinajstić information content (AvgIpc) is 2.61. The third-order valence-electron chi connectivity index (χ3n) is 4.31. The van der Waals surface area contributed by atoms with Gasteiger partial charge in [0, 0.05) is 19.1 Å². The number of likely N-dealkylation sites (tertiary alicyclic amines) is 1. The van der Waals surface area contributed by atoms with Crippen LogP contribution in [0.2, 0.25) is 0 Å². The maximum Gasteiger partial charge on any atom is 0.0218 e. The molecule has 1 saturated carbocycles. The Morgan fingerprint density at radius 2 is 1.86 bits per heavy atom. The van der Waals surface area contributed by atoms with Crippen LogP contribution >= 0.6 is 0 Å². The predicted molar refractivity (Wildman–Crippen MR) is 60.2 cm³/mol. The Hall–Kier alpha value is -0.0800. The smallest absolute Gasteiger partial charge is 0.0218 e. The van der Waals surface area contributed by atoms with E-state index in [9.17, 15) is 0 Å². The lowest BCUT2D eigenvalue weighted by Crippen LogP contribution is -2.31. The van der Waals surface area contributed by atoms with Crippen molar-refractivity contribution in [3.05, 3.63) is 0 Å². The molecule has 2 atom stereocenters. The number of rotatable bonds is 2. The van der Waals surface area contributed by atoms with E-state index in [1.54, 1.807) is 0 Å². The predicted octanol–water partition coefficient (Wildman–Crippen LogP) is 1.85. The minimum absolute atomic E-state index is 0.668. The van der Waals surface area contributed by atoms with Gasteiger partial charge in [0.05, 0.1) is 0 Å². The zero-order valence-corrected chi connectivity index (χ0v) is 9.41. The highest BCUT2D eigenvalue weighted by Gasteiger charge is 2.33. The van der Waals surface area contributed by atoms with Crippen molar-refractivity contribution in [2.24, 2.45) is 17.6 Å². The number of hydrogen-bond acceptors (Lipinski definition) is 2.